The van der Waals surface area contributed by atoms with Gasteiger partial charge < -0.3 is 0 Å². The second-order valence-electron chi connectivity index (χ2n) is 23.0. The van der Waals surface area contributed by atoms with Crippen LogP contribution in [-0.4, -0.2) is 0 Å². The molecule has 1 unspecified atom stereocenters. The average molecular weight is 1060 g/mol. The third kappa shape index (κ3) is 21.2. The van der Waals surface area contributed by atoms with E-state index in [-0.39, 0.29) is 32.6 Å². The first-order chi connectivity index (χ1) is 37.8. The fourth-order valence-corrected chi connectivity index (χ4v) is 9.96. The molecule has 1 atom stereocenters. The molecule has 79 heavy (non-hydrogen) atoms. The predicted molar refractivity (Wildman–Crippen MR) is 333 cm³/mol. The molecule has 0 bridgehead atoms. The van der Waals surface area contributed by atoms with E-state index in [2.05, 4.69) is 52.0 Å². The summed E-state index contributed by atoms with van der Waals surface area (Å²) >= 11 is 0. The zero-order chi connectivity index (χ0) is 57.4. The van der Waals surface area contributed by atoms with Gasteiger partial charge in [0.05, 0.1) is 0 Å². The molecule has 0 spiro atoms. The highest BCUT2D eigenvalue weighted by Crippen LogP contribution is 2.39. The Morgan fingerprint density at radius 2 is 0.570 bits per heavy atom. The minimum Gasteiger partial charge on any atom is -0.290 e. The third-order valence-electron chi connectivity index (χ3n) is 16.3. The van der Waals surface area contributed by atoms with Crippen molar-refractivity contribution in [3.8, 4) is 0 Å². The SMILES string of the molecule is CCC(C)c1cccc(C)c(=O)c1.Cc1cccc(C(C)C)cc1=O.Cc1cccc(C2CC2)cc1=O.Cc1cccc(C2CCC2)cc1=O.Cc1cccc(C2CCCC2)cc1=O.Cc1cccc(C2CCCCC2)cc1=O. The van der Waals surface area contributed by atoms with E-state index >= 15 is 0 Å². The molecule has 0 aromatic heterocycles. The fraction of sp³-hybridized carbons (Fsp3) is 0.425. The van der Waals surface area contributed by atoms with Crippen molar-refractivity contribution < 1.29 is 0 Å². The molecule has 0 aliphatic heterocycles. The van der Waals surface area contributed by atoms with E-state index in [1.54, 1.807) is 24.3 Å². The Hall–Kier alpha value is -6.66. The first-order valence-corrected chi connectivity index (χ1v) is 29.5. The second-order valence-corrected chi connectivity index (χ2v) is 23.0. The summed E-state index contributed by atoms with van der Waals surface area (Å²) in [7, 11) is 0. The number of hydrogen-bond donors (Lipinski definition) is 0. The van der Waals surface area contributed by atoms with Gasteiger partial charge in [0.25, 0.3) is 0 Å². The van der Waals surface area contributed by atoms with Crippen molar-refractivity contribution >= 4 is 0 Å². The summed E-state index contributed by atoms with van der Waals surface area (Å²) < 4.78 is 0. The van der Waals surface area contributed by atoms with Crippen LogP contribution in [0, 0.1) is 41.5 Å². The summed E-state index contributed by atoms with van der Waals surface area (Å²) in [6, 6.07) is 46.3. The Balaban J connectivity index is 0.000000175. The van der Waals surface area contributed by atoms with E-state index in [1.807, 2.05) is 139 Å². The molecule has 6 nitrogen and oxygen atoms in total. The first kappa shape index (κ1) is 63.2. The lowest BCUT2D eigenvalue weighted by atomic mass is 9.80. The van der Waals surface area contributed by atoms with Gasteiger partial charge in [0, 0.05) is 0 Å². The van der Waals surface area contributed by atoms with Gasteiger partial charge >= 0.3 is 0 Å². The van der Waals surface area contributed by atoms with Crippen molar-refractivity contribution in [1.82, 2.24) is 0 Å². The van der Waals surface area contributed by atoms with Crippen molar-refractivity contribution in [3.63, 3.8) is 0 Å². The molecule has 0 amide bonds. The van der Waals surface area contributed by atoms with E-state index in [1.165, 1.54) is 112 Å². The highest BCUT2D eigenvalue weighted by atomic mass is 16.1. The second kappa shape index (κ2) is 32.4. The maximum Gasteiger partial charge on any atom is 0.181 e. The van der Waals surface area contributed by atoms with Crippen molar-refractivity contribution in [2.24, 2.45) is 0 Å². The van der Waals surface area contributed by atoms with E-state index in [9.17, 15) is 28.8 Å². The molecular formula is C73H90O6. The summed E-state index contributed by atoms with van der Waals surface area (Å²) in [5.41, 5.74) is 13.1. The van der Waals surface area contributed by atoms with Crippen LogP contribution in [0.3, 0.4) is 0 Å². The smallest absolute Gasteiger partial charge is 0.181 e. The lowest BCUT2D eigenvalue weighted by Crippen LogP contribution is -2.10. The Labute approximate surface area is 472 Å². The monoisotopic (exact) mass is 1060 g/mol. The van der Waals surface area contributed by atoms with E-state index in [4.69, 9.17) is 0 Å². The van der Waals surface area contributed by atoms with Crippen LogP contribution in [-0.2, 0) is 0 Å². The van der Waals surface area contributed by atoms with Gasteiger partial charge in [0.15, 0.2) is 32.6 Å². The Kier molecular flexibility index (Phi) is 25.9. The molecule has 4 fully saturated rings. The molecule has 0 radical (unpaired) electrons. The maximum atomic E-state index is 11.7. The van der Waals surface area contributed by atoms with Gasteiger partial charge in [0.1, 0.15) is 0 Å². The van der Waals surface area contributed by atoms with Crippen molar-refractivity contribution in [2.45, 2.75) is 201 Å². The van der Waals surface area contributed by atoms with Gasteiger partial charge in [-0.2, -0.15) is 0 Å². The van der Waals surface area contributed by atoms with Gasteiger partial charge in [-0.05, 0) is 238 Å². The molecule has 0 N–H and O–H groups in total. The van der Waals surface area contributed by atoms with Crippen molar-refractivity contribution in [3.05, 3.63) is 274 Å². The summed E-state index contributed by atoms with van der Waals surface area (Å²) in [6.07, 6.45) is 19.0. The van der Waals surface area contributed by atoms with Crippen LogP contribution in [0.1, 0.15) is 226 Å². The zero-order valence-electron chi connectivity index (χ0n) is 49.4. The molecule has 6 aromatic carbocycles. The van der Waals surface area contributed by atoms with Crippen LogP contribution in [0.4, 0.5) is 0 Å². The highest BCUT2D eigenvalue weighted by Gasteiger charge is 2.23. The van der Waals surface area contributed by atoms with Crippen LogP contribution in [0.5, 0.6) is 0 Å². The molecule has 10 rings (SSSR count). The summed E-state index contributed by atoms with van der Waals surface area (Å²) in [6.45, 7) is 19.6. The lowest BCUT2D eigenvalue weighted by molar-refractivity contribution is 0.420. The lowest BCUT2D eigenvalue weighted by Gasteiger charge is -2.24. The van der Waals surface area contributed by atoms with E-state index < -0.39 is 0 Å². The summed E-state index contributed by atoms with van der Waals surface area (Å²) in [5, 5.41) is 0. The van der Waals surface area contributed by atoms with Crippen molar-refractivity contribution in [2.75, 3.05) is 0 Å². The predicted octanol–water partition coefficient (Wildman–Crippen LogP) is 16.6. The van der Waals surface area contributed by atoms with Crippen molar-refractivity contribution in [1.29, 1.82) is 0 Å². The first-order valence-electron chi connectivity index (χ1n) is 29.5. The molecule has 0 saturated heterocycles. The van der Waals surface area contributed by atoms with E-state index in [0.717, 1.165) is 50.9 Å². The number of aryl methyl sites for hydroxylation is 6. The Morgan fingerprint density at radius 1 is 0.316 bits per heavy atom. The van der Waals surface area contributed by atoms with Gasteiger partial charge in [0.2, 0.25) is 0 Å². The largest absolute Gasteiger partial charge is 0.290 e. The summed E-state index contributed by atoms with van der Waals surface area (Å²) in [4.78, 5) is 68.9. The molecule has 4 aliphatic rings. The molecular weight excluding hydrogens is 973 g/mol. The fourth-order valence-electron chi connectivity index (χ4n) is 9.96. The normalized spacial score (nSPS) is 15.2. The quantitative estimate of drug-likeness (QED) is 0.158. The molecule has 6 heteroatoms. The molecule has 418 valence electrons. The van der Waals surface area contributed by atoms with Gasteiger partial charge in [-0.1, -0.05) is 175 Å². The molecule has 4 aliphatic carbocycles. The standard InChI is InChI=1S/C14H18O.C13H16O.C12H14O.C12H16O.C11H12O.C11H14O/c1-11-6-5-9-13(10-14(11)15)12-7-3-2-4-8-12;1-10-5-4-8-12(9-13(10)14)11-6-2-3-7-11;1-9-4-2-7-11(8-12(9)13)10-5-3-6-10;1-4-9(2)11-7-5-6-10(3)12(13)8-11;1-8-3-2-4-10(7-11(8)12)9-5-6-9;1-8(2)10-6-4-5-9(3)11(12)7-10/h5-6,9-10,12H,2-4,7-8H2,1H3;4-5,8-9,11H,2-3,6-7H2,1H3;2,4,7-8,10H,3,5-6H2,1H3;5-9H,4H2,1-3H3;2-4,7,9H,5-6H2,1H3;4-8H,1-3H3. The van der Waals surface area contributed by atoms with Gasteiger partial charge in [-0.15, -0.1) is 0 Å². The van der Waals surface area contributed by atoms with Gasteiger partial charge in [-0.25, -0.2) is 0 Å². The van der Waals surface area contributed by atoms with Crippen LogP contribution < -0.4 is 32.6 Å². The minimum atomic E-state index is 0.128. The van der Waals surface area contributed by atoms with Crippen LogP contribution in [0.15, 0.2) is 174 Å². The third-order valence-corrected chi connectivity index (χ3v) is 16.3. The summed E-state index contributed by atoms with van der Waals surface area (Å²) in [5.74, 6) is 3.47. The van der Waals surface area contributed by atoms with Crippen LogP contribution in [0.2, 0.25) is 0 Å². The number of hydrogen-bond acceptors (Lipinski definition) is 6. The maximum absolute atomic E-state index is 11.7. The highest BCUT2D eigenvalue weighted by molar-refractivity contribution is 5.28. The zero-order valence-corrected chi connectivity index (χ0v) is 49.4. The molecule has 4 saturated carbocycles. The average Bonchev–Trinajstić information content (AvgIpc) is 4.27. The molecule has 0 heterocycles. The van der Waals surface area contributed by atoms with Gasteiger partial charge in [-0.3, -0.25) is 28.8 Å². The van der Waals surface area contributed by atoms with Crippen LogP contribution in [0.25, 0.3) is 0 Å². The topological polar surface area (TPSA) is 102 Å². The van der Waals surface area contributed by atoms with Crippen LogP contribution >= 0.6 is 0 Å². The Bertz CT molecular complexity index is 3160. The minimum absolute atomic E-state index is 0.128. The molecule has 6 aromatic rings. The Morgan fingerprint density at radius 3 is 0.848 bits per heavy atom. The number of rotatable bonds is 7. The van der Waals surface area contributed by atoms with E-state index in [0.29, 0.717) is 35.5 Å².